The van der Waals surface area contributed by atoms with Crippen LogP contribution in [0.1, 0.15) is 30.8 Å². The highest BCUT2D eigenvalue weighted by Gasteiger charge is 2.36. The minimum Gasteiger partial charge on any atom is -0.464 e. The number of halogens is 3. The third kappa shape index (κ3) is 2.86. The molecule has 2 unspecified atom stereocenters. The molecule has 106 valence electrons. The molecule has 0 radical (unpaired) electrons. The second-order valence-electron chi connectivity index (χ2n) is 5.22. The number of anilines is 1. The van der Waals surface area contributed by atoms with E-state index in [0.717, 1.165) is 17.4 Å². The molecular weight excluding hydrogens is 345 g/mol. The van der Waals surface area contributed by atoms with Gasteiger partial charge in [-0.3, -0.25) is 0 Å². The summed E-state index contributed by atoms with van der Waals surface area (Å²) < 4.78 is 19.6. The Balaban J connectivity index is 1.69. The Bertz CT molecular complexity index is 620. The second kappa shape index (κ2) is 5.41. The maximum Gasteiger partial charge on any atom is 0.125 e. The smallest absolute Gasteiger partial charge is 0.125 e. The number of rotatable bonds is 4. The van der Waals surface area contributed by atoms with Crippen LogP contribution >= 0.6 is 27.5 Å². The van der Waals surface area contributed by atoms with Crippen molar-refractivity contribution in [3.05, 3.63) is 51.1 Å². The van der Waals surface area contributed by atoms with Crippen LogP contribution in [0.4, 0.5) is 10.1 Å². The van der Waals surface area contributed by atoms with Gasteiger partial charge in [-0.15, -0.1) is 0 Å². The standard InChI is InChI=1S/C15H14BrClFNO/c1-8-4-11(8)14-3-2-10(20-14)7-19-15-12(16)5-9(18)6-13(15)17/h2-3,5-6,8,11,19H,4,7H2,1H3. The Morgan fingerprint density at radius 3 is 2.85 bits per heavy atom. The fourth-order valence-corrected chi connectivity index (χ4v) is 3.25. The highest BCUT2D eigenvalue weighted by molar-refractivity contribution is 9.10. The molecule has 5 heteroatoms. The van der Waals surface area contributed by atoms with Crippen LogP contribution in [0.3, 0.4) is 0 Å². The molecule has 1 saturated carbocycles. The molecule has 2 nitrogen and oxygen atoms in total. The molecule has 2 atom stereocenters. The first-order chi connectivity index (χ1) is 9.54. The van der Waals surface area contributed by atoms with E-state index < -0.39 is 0 Å². The summed E-state index contributed by atoms with van der Waals surface area (Å²) in [7, 11) is 0. The largest absolute Gasteiger partial charge is 0.464 e. The first-order valence-electron chi connectivity index (χ1n) is 6.51. The number of nitrogens with one attached hydrogen (secondary N) is 1. The fraction of sp³-hybridized carbons (Fsp3) is 0.333. The van der Waals surface area contributed by atoms with Crippen LogP contribution in [0.5, 0.6) is 0 Å². The van der Waals surface area contributed by atoms with Crippen molar-refractivity contribution in [1.82, 2.24) is 0 Å². The number of furan rings is 1. The van der Waals surface area contributed by atoms with E-state index in [-0.39, 0.29) is 5.82 Å². The van der Waals surface area contributed by atoms with Gasteiger partial charge in [0.25, 0.3) is 0 Å². The Kier molecular flexibility index (Phi) is 3.78. The summed E-state index contributed by atoms with van der Waals surface area (Å²) in [5, 5.41) is 3.52. The predicted octanol–water partition coefficient (Wildman–Crippen LogP) is 5.57. The molecular formula is C15H14BrClFNO. The van der Waals surface area contributed by atoms with Gasteiger partial charge in [-0.1, -0.05) is 18.5 Å². The van der Waals surface area contributed by atoms with Crippen molar-refractivity contribution in [1.29, 1.82) is 0 Å². The summed E-state index contributed by atoms with van der Waals surface area (Å²) in [6.45, 7) is 2.74. The maximum atomic E-state index is 13.1. The predicted molar refractivity (Wildman–Crippen MR) is 81.7 cm³/mol. The zero-order valence-electron chi connectivity index (χ0n) is 10.9. The molecule has 3 rings (SSSR count). The van der Waals surface area contributed by atoms with Crippen molar-refractivity contribution in [3.8, 4) is 0 Å². The Morgan fingerprint density at radius 1 is 1.45 bits per heavy atom. The molecule has 20 heavy (non-hydrogen) atoms. The number of hydrogen-bond donors (Lipinski definition) is 1. The molecule has 1 fully saturated rings. The lowest BCUT2D eigenvalue weighted by Crippen LogP contribution is -2.00. The average molecular weight is 359 g/mol. The van der Waals surface area contributed by atoms with Crippen molar-refractivity contribution >= 4 is 33.2 Å². The lowest BCUT2D eigenvalue weighted by molar-refractivity contribution is 0.468. The molecule has 0 bridgehead atoms. The molecule has 0 amide bonds. The molecule has 1 aliphatic rings. The lowest BCUT2D eigenvalue weighted by atomic mass is 10.3. The first-order valence-corrected chi connectivity index (χ1v) is 7.68. The highest BCUT2D eigenvalue weighted by Crippen LogP contribution is 2.47. The van der Waals surface area contributed by atoms with Crippen LogP contribution in [-0.4, -0.2) is 0 Å². The molecule has 1 aromatic heterocycles. The van der Waals surface area contributed by atoms with Gasteiger partial charge in [0, 0.05) is 10.4 Å². The highest BCUT2D eigenvalue weighted by atomic mass is 79.9. The van der Waals surface area contributed by atoms with Crippen LogP contribution in [0, 0.1) is 11.7 Å². The summed E-state index contributed by atoms with van der Waals surface area (Å²) in [5.41, 5.74) is 0.672. The fourth-order valence-electron chi connectivity index (χ4n) is 2.29. The third-order valence-electron chi connectivity index (χ3n) is 3.60. The van der Waals surface area contributed by atoms with Crippen molar-refractivity contribution in [2.75, 3.05) is 5.32 Å². The minimum atomic E-state index is -0.365. The summed E-state index contributed by atoms with van der Waals surface area (Å²) in [4.78, 5) is 0. The molecule has 1 heterocycles. The van der Waals surface area contributed by atoms with Crippen molar-refractivity contribution in [2.45, 2.75) is 25.8 Å². The van der Waals surface area contributed by atoms with Gasteiger partial charge in [-0.25, -0.2) is 4.39 Å². The number of benzene rings is 1. The van der Waals surface area contributed by atoms with Crippen molar-refractivity contribution in [3.63, 3.8) is 0 Å². The van der Waals surface area contributed by atoms with E-state index in [1.165, 1.54) is 18.6 Å². The monoisotopic (exact) mass is 357 g/mol. The third-order valence-corrected chi connectivity index (χ3v) is 4.53. The van der Waals surface area contributed by atoms with E-state index in [1.54, 1.807) is 0 Å². The van der Waals surface area contributed by atoms with Gasteiger partial charge in [-0.2, -0.15) is 0 Å². The molecule has 1 aliphatic carbocycles. The van der Waals surface area contributed by atoms with Gasteiger partial charge < -0.3 is 9.73 Å². The summed E-state index contributed by atoms with van der Waals surface area (Å²) >= 11 is 9.32. The Labute approximate surface area is 130 Å². The summed E-state index contributed by atoms with van der Waals surface area (Å²) in [6, 6.07) is 6.67. The maximum absolute atomic E-state index is 13.1. The van der Waals surface area contributed by atoms with E-state index in [9.17, 15) is 4.39 Å². The molecule has 1 N–H and O–H groups in total. The van der Waals surface area contributed by atoms with Gasteiger partial charge in [0.05, 0.1) is 17.3 Å². The summed E-state index contributed by atoms with van der Waals surface area (Å²) in [6.07, 6.45) is 1.20. The van der Waals surface area contributed by atoms with Crippen LogP contribution in [0.2, 0.25) is 5.02 Å². The van der Waals surface area contributed by atoms with Crippen LogP contribution < -0.4 is 5.32 Å². The Hall–Kier alpha value is -1.000. The average Bonchev–Trinajstić information content (AvgIpc) is 2.92. The van der Waals surface area contributed by atoms with Crippen LogP contribution in [0.25, 0.3) is 0 Å². The van der Waals surface area contributed by atoms with E-state index >= 15 is 0 Å². The normalized spacial score (nSPS) is 21.0. The molecule has 0 spiro atoms. The van der Waals surface area contributed by atoms with Crippen LogP contribution in [0.15, 0.2) is 33.2 Å². The lowest BCUT2D eigenvalue weighted by Gasteiger charge is -2.09. The molecule has 0 aliphatic heterocycles. The quantitative estimate of drug-likeness (QED) is 0.773. The molecule has 0 saturated heterocycles. The minimum absolute atomic E-state index is 0.347. The van der Waals surface area contributed by atoms with Crippen molar-refractivity contribution < 1.29 is 8.81 Å². The van der Waals surface area contributed by atoms with Gasteiger partial charge in [0.2, 0.25) is 0 Å². The van der Waals surface area contributed by atoms with Crippen molar-refractivity contribution in [2.24, 2.45) is 5.92 Å². The van der Waals surface area contributed by atoms with Gasteiger partial charge in [0.1, 0.15) is 17.3 Å². The van der Waals surface area contributed by atoms with Gasteiger partial charge >= 0.3 is 0 Å². The van der Waals surface area contributed by atoms with E-state index in [1.807, 2.05) is 12.1 Å². The molecule has 2 aromatic rings. The van der Waals surface area contributed by atoms with E-state index in [2.05, 4.69) is 28.2 Å². The zero-order valence-corrected chi connectivity index (χ0v) is 13.3. The molecule has 1 aromatic carbocycles. The van der Waals surface area contributed by atoms with Gasteiger partial charge in [0.15, 0.2) is 0 Å². The SMILES string of the molecule is CC1CC1c1ccc(CNc2c(Cl)cc(F)cc2Br)o1. The van der Waals surface area contributed by atoms with Crippen LogP contribution in [-0.2, 0) is 6.54 Å². The first kappa shape index (κ1) is 14.0. The Morgan fingerprint density at radius 2 is 2.20 bits per heavy atom. The topological polar surface area (TPSA) is 25.2 Å². The van der Waals surface area contributed by atoms with E-state index in [4.69, 9.17) is 16.0 Å². The second-order valence-corrected chi connectivity index (χ2v) is 6.48. The summed E-state index contributed by atoms with van der Waals surface area (Å²) in [5.74, 6) is 2.84. The van der Waals surface area contributed by atoms with Gasteiger partial charge in [-0.05, 0) is 52.5 Å². The number of hydrogen-bond acceptors (Lipinski definition) is 2. The van der Waals surface area contributed by atoms with E-state index in [0.29, 0.717) is 27.6 Å². The zero-order chi connectivity index (χ0) is 14.3.